The number of aliphatic imine (C=N–C) groups is 1. The van der Waals surface area contributed by atoms with E-state index in [9.17, 15) is 18.0 Å². The van der Waals surface area contributed by atoms with E-state index in [1.165, 1.54) is 13.2 Å². The number of ether oxygens (including phenoxy) is 3. The molecule has 0 atom stereocenters. The number of hydrogen-bond acceptors (Lipinski definition) is 5. The van der Waals surface area contributed by atoms with Gasteiger partial charge in [-0.05, 0) is 35.9 Å². The average molecular weight is 383 g/mol. The molecule has 146 valence electrons. The minimum atomic E-state index is -4.36. The molecule has 0 heterocycles. The van der Waals surface area contributed by atoms with E-state index in [0.717, 1.165) is 17.8 Å². The highest BCUT2D eigenvalue weighted by molar-refractivity contribution is 5.97. The largest absolute Gasteiger partial charge is 0.482 e. The van der Waals surface area contributed by atoms with E-state index in [1.807, 2.05) is 0 Å². The van der Waals surface area contributed by atoms with Crippen molar-refractivity contribution in [2.45, 2.75) is 19.2 Å². The maximum Gasteiger partial charge on any atom is 0.416 e. The third-order valence-corrected chi connectivity index (χ3v) is 3.61. The highest BCUT2D eigenvalue weighted by atomic mass is 19.4. The number of alkyl halides is 3. The van der Waals surface area contributed by atoms with E-state index in [1.54, 1.807) is 24.3 Å². The van der Waals surface area contributed by atoms with Crippen LogP contribution in [0.1, 0.15) is 17.5 Å². The Morgan fingerprint density at radius 2 is 2.07 bits per heavy atom. The van der Waals surface area contributed by atoms with E-state index < -0.39 is 17.7 Å². The van der Waals surface area contributed by atoms with Gasteiger partial charge >= 0.3 is 12.1 Å². The van der Waals surface area contributed by atoms with Gasteiger partial charge in [0.05, 0.1) is 32.4 Å². The van der Waals surface area contributed by atoms with Crippen LogP contribution >= 0.6 is 0 Å². The number of carbonyl (C=O) groups excluding carboxylic acids is 1. The smallest absolute Gasteiger partial charge is 0.416 e. The van der Waals surface area contributed by atoms with E-state index in [4.69, 9.17) is 9.47 Å². The van der Waals surface area contributed by atoms with Crippen molar-refractivity contribution < 1.29 is 32.2 Å². The molecule has 0 amide bonds. The van der Waals surface area contributed by atoms with Gasteiger partial charge < -0.3 is 14.2 Å². The van der Waals surface area contributed by atoms with E-state index >= 15 is 0 Å². The summed E-state index contributed by atoms with van der Waals surface area (Å²) >= 11 is 0. The molecule has 1 aromatic rings. The number of allylic oxidation sites excluding steroid dienone is 3. The van der Waals surface area contributed by atoms with E-state index in [0.29, 0.717) is 30.9 Å². The first-order valence-corrected chi connectivity index (χ1v) is 8.23. The summed E-state index contributed by atoms with van der Waals surface area (Å²) in [6, 6.07) is 5.06. The predicted octanol–water partition coefficient (Wildman–Crippen LogP) is 3.70. The zero-order valence-corrected chi connectivity index (χ0v) is 14.8. The van der Waals surface area contributed by atoms with Gasteiger partial charge in [0.1, 0.15) is 5.76 Å². The molecule has 0 fully saturated rings. The van der Waals surface area contributed by atoms with Crippen molar-refractivity contribution in [2.75, 3.05) is 26.9 Å². The van der Waals surface area contributed by atoms with Crippen molar-refractivity contribution in [3.05, 3.63) is 59.4 Å². The molecule has 0 saturated carbocycles. The molecule has 0 saturated heterocycles. The summed E-state index contributed by atoms with van der Waals surface area (Å²) < 4.78 is 53.1. The summed E-state index contributed by atoms with van der Waals surface area (Å²) in [7, 11) is 1.29. The molecule has 0 unspecified atom stereocenters. The quantitative estimate of drug-likeness (QED) is 0.507. The van der Waals surface area contributed by atoms with Gasteiger partial charge in [0, 0.05) is 12.1 Å². The molecule has 1 aliphatic carbocycles. The van der Waals surface area contributed by atoms with Gasteiger partial charge in [-0.3, -0.25) is 4.99 Å². The number of nitrogens with zero attached hydrogens (tertiary/aromatic N) is 1. The summed E-state index contributed by atoms with van der Waals surface area (Å²) in [5.41, 5.74) is 0.599. The normalized spacial score (nSPS) is 15.6. The number of hydrogen-bond donors (Lipinski definition) is 0. The Kier molecular flexibility index (Phi) is 7.60. The third-order valence-electron chi connectivity index (χ3n) is 3.61. The van der Waals surface area contributed by atoms with Crippen molar-refractivity contribution in [3.8, 4) is 0 Å². The van der Waals surface area contributed by atoms with E-state index in [-0.39, 0.29) is 13.2 Å². The Labute approximate surface area is 155 Å². The average Bonchev–Trinajstić information content (AvgIpc) is 2.66. The molecule has 5 nitrogen and oxygen atoms in total. The highest BCUT2D eigenvalue weighted by Gasteiger charge is 2.30. The van der Waals surface area contributed by atoms with Crippen LogP contribution in [0.2, 0.25) is 0 Å². The molecule has 8 heteroatoms. The highest BCUT2D eigenvalue weighted by Crippen LogP contribution is 2.29. The van der Waals surface area contributed by atoms with Crippen molar-refractivity contribution >= 4 is 11.7 Å². The molecular formula is C19H20F3NO4. The van der Waals surface area contributed by atoms with Gasteiger partial charge in [0.2, 0.25) is 0 Å². The molecule has 1 aromatic carbocycles. The Hall–Kier alpha value is -2.61. The lowest BCUT2D eigenvalue weighted by molar-refractivity contribution is -0.144. The summed E-state index contributed by atoms with van der Waals surface area (Å²) in [5.74, 6) is 0.113. The summed E-state index contributed by atoms with van der Waals surface area (Å²) in [4.78, 5) is 15.4. The van der Waals surface area contributed by atoms with Crippen LogP contribution in [-0.2, 0) is 31.8 Å². The molecule has 0 spiro atoms. The van der Waals surface area contributed by atoms with Crippen molar-refractivity contribution in [2.24, 2.45) is 4.99 Å². The maximum atomic E-state index is 12.6. The Bertz CT molecular complexity index is 739. The van der Waals surface area contributed by atoms with Gasteiger partial charge in [-0.1, -0.05) is 12.1 Å². The number of esters is 1. The van der Waals surface area contributed by atoms with Crippen molar-refractivity contribution in [1.82, 2.24) is 0 Å². The summed E-state index contributed by atoms with van der Waals surface area (Å²) in [6.45, 7) is 0.631. The molecule has 0 aromatic heterocycles. The number of carbonyl (C=O) groups is 1. The van der Waals surface area contributed by atoms with Gasteiger partial charge in [-0.2, -0.15) is 13.2 Å². The molecular weight excluding hydrogens is 363 g/mol. The zero-order valence-electron chi connectivity index (χ0n) is 14.8. The fraction of sp³-hybridized carbons (Fsp3) is 0.368. The molecule has 2 rings (SSSR count). The van der Waals surface area contributed by atoms with Crippen LogP contribution in [0, 0.1) is 0 Å². The zero-order chi connectivity index (χ0) is 19.7. The van der Waals surface area contributed by atoms with E-state index in [2.05, 4.69) is 9.73 Å². The second-order valence-electron chi connectivity index (χ2n) is 5.63. The van der Waals surface area contributed by atoms with Crippen LogP contribution in [0.5, 0.6) is 0 Å². The fourth-order valence-electron chi connectivity index (χ4n) is 2.23. The van der Waals surface area contributed by atoms with Crippen LogP contribution in [0.15, 0.2) is 53.2 Å². The SMILES string of the molecule is COC(=O)COC1=CCC(=NCCOCc2cccc(C(F)(F)F)c2)C=C1. The molecule has 1 aliphatic rings. The minimum Gasteiger partial charge on any atom is -0.482 e. The predicted molar refractivity (Wildman–Crippen MR) is 93.2 cm³/mol. The van der Waals surface area contributed by atoms with Gasteiger partial charge in [-0.25, -0.2) is 4.79 Å². The molecule has 0 radical (unpaired) electrons. The second kappa shape index (κ2) is 9.91. The first-order chi connectivity index (χ1) is 12.9. The van der Waals surface area contributed by atoms with Gasteiger partial charge in [0.25, 0.3) is 0 Å². The van der Waals surface area contributed by atoms with Crippen molar-refractivity contribution in [3.63, 3.8) is 0 Å². The topological polar surface area (TPSA) is 57.1 Å². The molecule has 0 bridgehead atoms. The Morgan fingerprint density at radius 1 is 1.26 bits per heavy atom. The molecule has 0 aliphatic heterocycles. The fourth-order valence-corrected chi connectivity index (χ4v) is 2.23. The number of halogens is 3. The number of rotatable bonds is 8. The lowest BCUT2D eigenvalue weighted by Gasteiger charge is -2.10. The van der Waals surface area contributed by atoms with Crippen LogP contribution in [0.4, 0.5) is 13.2 Å². The number of benzene rings is 1. The number of methoxy groups -OCH3 is 1. The minimum absolute atomic E-state index is 0.0933. The summed E-state index contributed by atoms with van der Waals surface area (Å²) in [6.07, 6.45) is 1.47. The Morgan fingerprint density at radius 3 is 2.74 bits per heavy atom. The molecule has 0 N–H and O–H groups in total. The van der Waals surface area contributed by atoms with Crippen LogP contribution in [0.3, 0.4) is 0 Å². The maximum absolute atomic E-state index is 12.6. The van der Waals surface area contributed by atoms with Gasteiger partial charge in [-0.15, -0.1) is 0 Å². The monoisotopic (exact) mass is 383 g/mol. The molecule has 27 heavy (non-hydrogen) atoms. The first kappa shape index (κ1) is 20.7. The third kappa shape index (κ3) is 7.26. The van der Waals surface area contributed by atoms with Crippen LogP contribution < -0.4 is 0 Å². The van der Waals surface area contributed by atoms with Crippen LogP contribution in [0.25, 0.3) is 0 Å². The van der Waals surface area contributed by atoms with Gasteiger partial charge in [0.15, 0.2) is 6.61 Å². The Balaban J connectivity index is 1.69. The van der Waals surface area contributed by atoms with Crippen LogP contribution in [-0.4, -0.2) is 38.5 Å². The second-order valence-corrected chi connectivity index (χ2v) is 5.63. The van der Waals surface area contributed by atoms with Crippen molar-refractivity contribution in [1.29, 1.82) is 0 Å². The first-order valence-electron chi connectivity index (χ1n) is 8.23. The lowest BCUT2D eigenvalue weighted by Crippen LogP contribution is -2.11. The lowest BCUT2D eigenvalue weighted by atomic mass is 10.1. The standard InChI is InChI=1S/C19H20F3NO4/c1-25-18(24)13-27-17-7-5-16(6-8-17)23-9-10-26-12-14-3-2-4-15(11-14)19(20,21)22/h2-5,7-8,11H,6,9-10,12-13H2,1H3. The summed E-state index contributed by atoms with van der Waals surface area (Å²) in [5, 5.41) is 0.